The molecule has 1 aromatic carbocycles. The molecule has 17 heavy (non-hydrogen) atoms. The zero-order valence-electron chi connectivity index (χ0n) is 8.39. The van der Waals surface area contributed by atoms with Crippen LogP contribution < -0.4 is 4.18 Å². The van der Waals surface area contributed by atoms with E-state index in [4.69, 9.17) is 12.6 Å². The van der Waals surface area contributed by atoms with Gasteiger partial charge in [0.2, 0.25) is 0 Å². The molecule has 0 N–H and O–H groups in total. The smallest absolute Gasteiger partial charge is 0.306 e. The summed E-state index contributed by atoms with van der Waals surface area (Å²) in [4.78, 5) is 0.392. The molecule has 1 radical (unpaired) electrons. The van der Waals surface area contributed by atoms with Crippen molar-refractivity contribution in [2.75, 3.05) is 6.26 Å². The molecule has 0 aromatic heterocycles. The molecule has 3 nitrogen and oxygen atoms in total. The molecule has 0 amide bonds. The van der Waals surface area contributed by atoms with Crippen molar-refractivity contribution < 1.29 is 31.4 Å². The lowest BCUT2D eigenvalue weighted by Gasteiger charge is -2.03. The van der Waals surface area contributed by atoms with E-state index in [0.717, 1.165) is 6.26 Å². The first-order valence-electron chi connectivity index (χ1n) is 3.14. The van der Waals surface area contributed by atoms with Crippen LogP contribution in [0, 0.1) is 0 Å². The standard InChI is InChI=1S/C7H7O3S2.ClH.4FH/c1-12(8,9)10-6-4-2-3-5-7(6)11;;;;;/h2-5H,1H3;5*1H. The van der Waals surface area contributed by atoms with Gasteiger partial charge < -0.3 is 4.18 Å². The Morgan fingerprint density at radius 3 is 1.82 bits per heavy atom. The van der Waals surface area contributed by atoms with Crippen LogP contribution in [0.2, 0.25) is 0 Å². The topological polar surface area (TPSA) is 43.4 Å². The van der Waals surface area contributed by atoms with Crippen LogP contribution in [0.3, 0.4) is 0 Å². The summed E-state index contributed by atoms with van der Waals surface area (Å²) in [5, 5.41) is 0. The molecule has 0 saturated heterocycles. The minimum Gasteiger partial charge on any atom is -0.381 e. The van der Waals surface area contributed by atoms with Gasteiger partial charge in [-0.05, 0) is 12.1 Å². The Kier molecular flexibility index (Phi) is 20.5. The van der Waals surface area contributed by atoms with Gasteiger partial charge in [0.15, 0.2) is 5.75 Å². The largest absolute Gasteiger partial charge is 0.381 e. The molecule has 0 aliphatic carbocycles. The van der Waals surface area contributed by atoms with Crippen molar-refractivity contribution in [1.82, 2.24) is 0 Å². The van der Waals surface area contributed by atoms with Gasteiger partial charge in [0.1, 0.15) is 0 Å². The van der Waals surface area contributed by atoms with Crippen LogP contribution in [-0.2, 0) is 10.1 Å². The molecule has 0 unspecified atom stereocenters. The molecular formula is C7H12ClF4O3S2. The lowest BCUT2D eigenvalue weighted by Crippen LogP contribution is -2.05. The lowest BCUT2D eigenvalue weighted by molar-refractivity contribution is 0.487. The number of rotatable bonds is 2. The molecule has 0 spiro atoms. The van der Waals surface area contributed by atoms with Crippen molar-refractivity contribution in [2.45, 2.75) is 4.90 Å². The summed E-state index contributed by atoms with van der Waals surface area (Å²) in [6.45, 7) is 0. The van der Waals surface area contributed by atoms with Crippen LogP contribution in [0.15, 0.2) is 29.2 Å². The fourth-order valence-electron chi connectivity index (χ4n) is 0.682. The zero-order valence-corrected chi connectivity index (χ0v) is 10.8. The summed E-state index contributed by atoms with van der Waals surface area (Å²) in [6, 6.07) is 6.51. The summed E-state index contributed by atoms with van der Waals surface area (Å²) >= 11 is 4.83. The van der Waals surface area contributed by atoms with Crippen LogP contribution in [-0.4, -0.2) is 14.7 Å². The number of hydrogen-bond donors (Lipinski definition) is 0. The minimum absolute atomic E-state index is 0. The van der Waals surface area contributed by atoms with Crippen molar-refractivity contribution in [2.24, 2.45) is 0 Å². The molecule has 1 aromatic rings. The Labute approximate surface area is 108 Å². The number of halogens is 5. The molecule has 1 rings (SSSR count). The average Bonchev–Trinajstić information content (AvgIpc) is 1.91. The van der Waals surface area contributed by atoms with Crippen LogP contribution in [0.4, 0.5) is 18.8 Å². The van der Waals surface area contributed by atoms with Gasteiger partial charge in [0, 0.05) is 0 Å². The van der Waals surface area contributed by atoms with Gasteiger partial charge in [0.25, 0.3) is 0 Å². The van der Waals surface area contributed by atoms with Crippen molar-refractivity contribution in [1.29, 1.82) is 0 Å². The number of para-hydroxylation sites is 1. The molecule has 105 valence electrons. The minimum atomic E-state index is -3.47. The number of hydrogen-bond acceptors (Lipinski definition) is 3. The second kappa shape index (κ2) is 11.7. The van der Waals surface area contributed by atoms with Gasteiger partial charge in [-0.25, -0.2) is 0 Å². The highest BCUT2D eigenvalue weighted by molar-refractivity contribution is 7.86. The molecular weight excluding hydrogens is 308 g/mol. The van der Waals surface area contributed by atoms with E-state index >= 15 is 0 Å². The molecule has 0 bridgehead atoms. The predicted molar refractivity (Wildman–Crippen MR) is 65.0 cm³/mol. The van der Waals surface area contributed by atoms with E-state index in [0.29, 0.717) is 4.90 Å². The molecule has 0 heterocycles. The van der Waals surface area contributed by atoms with Crippen molar-refractivity contribution in [3.63, 3.8) is 0 Å². The fourth-order valence-corrected chi connectivity index (χ4v) is 1.39. The summed E-state index contributed by atoms with van der Waals surface area (Å²) in [5.74, 6) is 0.204. The third kappa shape index (κ3) is 11.5. The van der Waals surface area contributed by atoms with E-state index in [1.165, 1.54) is 6.07 Å². The monoisotopic (exact) mass is 319 g/mol. The number of benzene rings is 1. The maximum Gasteiger partial charge on any atom is 0.306 e. The molecule has 0 saturated carbocycles. The summed E-state index contributed by atoms with van der Waals surface area (Å²) in [6.07, 6.45) is 0.981. The molecule has 10 heteroatoms. The van der Waals surface area contributed by atoms with Gasteiger partial charge in [-0.1, -0.05) is 24.8 Å². The zero-order chi connectivity index (χ0) is 9.19. The highest BCUT2D eigenvalue weighted by Gasteiger charge is 2.06. The van der Waals surface area contributed by atoms with E-state index in [1.54, 1.807) is 18.2 Å². The van der Waals surface area contributed by atoms with E-state index in [9.17, 15) is 8.42 Å². The highest BCUT2D eigenvalue weighted by atomic mass is 35.5. The van der Waals surface area contributed by atoms with Gasteiger partial charge in [-0.15, -0.1) is 12.4 Å². The van der Waals surface area contributed by atoms with E-state index < -0.39 is 10.1 Å². The first-order chi connectivity index (χ1) is 5.49. The average molecular weight is 320 g/mol. The third-order valence-electron chi connectivity index (χ3n) is 1.09. The molecule has 0 aliphatic rings. The highest BCUT2D eigenvalue weighted by Crippen LogP contribution is 2.22. The van der Waals surface area contributed by atoms with Crippen LogP contribution >= 0.6 is 25.0 Å². The Morgan fingerprint density at radius 2 is 1.47 bits per heavy atom. The van der Waals surface area contributed by atoms with Crippen molar-refractivity contribution in [3.8, 4) is 5.75 Å². The predicted octanol–water partition coefficient (Wildman–Crippen LogP) is 2.61. The Morgan fingerprint density at radius 1 is 1.06 bits per heavy atom. The van der Waals surface area contributed by atoms with E-state index in [2.05, 4.69) is 4.18 Å². The van der Waals surface area contributed by atoms with E-state index in [-0.39, 0.29) is 37.0 Å². The van der Waals surface area contributed by atoms with Crippen LogP contribution in [0.1, 0.15) is 0 Å². The Bertz CT molecular complexity index is 388. The van der Waals surface area contributed by atoms with Gasteiger partial charge >= 0.3 is 10.1 Å². The maximum absolute atomic E-state index is 10.7. The summed E-state index contributed by atoms with van der Waals surface area (Å²) in [5.41, 5.74) is 0. The van der Waals surface area contributed by atoms with Gasteiger partial charge in [-0.3, -0.25) is 18.8 Å². The molecule has 0 aliphatic heterocycles. The maximum atomic E-state index is 10.7. The van der Waals surface area contributed by atoms with Crippen molar-refractivity contribution >= 4 is 35.2 Å². The van der Waals surface area contributed by atoms with Crippen LogP contribution in [0.25, 0.3) is 0 Å². The molecule has 0 fully saturated rings. The Hall–Kier alpha value is -0.800. The molecule has 0 atom stereocenters. The summed E-state index contributed by atoms with van der Waals surface area (Å²) in [7, 11) is -3.47. The SMILES string of the molecule is CS(=O)(=O)Oc1ccccc1[S].Cl.F.F.F.F. The van der Waals surface area contributed by atoms with Crippen molar-refractivity contribution in [3.05, 3.63) is 24.3 Å². The van der Waals surface area contributed by atoms with Gasteiger partial charge in [-0.2, -0.15) is 8.42 Å². The normalized spacial score (nSPS) is 7.82. The first-order valence-corrected chi connectivity index (χ1v) is 5.37. The fraction of sp³-hybridized carbons (Fsp3) is 0.143. The Balaban J connectivity index is -0.0000000960. The second-order valence-electron chi connectivity index (χ2n) is 2.23. The van der Waals surface area contributed by atoms with Gasteiger partial charge in [0.05, 0.1) is 11.2 Å². The summed E-state index contributed by atoms with van der Waals surface area (Å²) < 4.78 is 26.0. The third-order valence-corrected chi connectivity index (χ3v) is 1.91. The quantitative estimate of drug-likeness (QED) is 0.621. The van der Waals surface area contributed by atoms with E-state index in [1.807, 2.05) is 0 Å². The second-order valence-corrected chi connectivity index (χ2v) is 4.25. The van der Waals surface area contributed by atoms with Crippen LogP contribution in [0.5, 0.6) is 5.75 Å². The first kappa shape index (κ1) is 29.8. The lowest BCUT2D eigenvalue weighted by atomic mass is 10.3.